The molecular formula is C24H28. The van der Waals surface area contributed by atoms with Gasteiger partial charge in [0.25, 0.3) is 0 Å². The second kappa shape index (κ2) is 7.21. The normalized spacial score (nSPS) is 22.7. The highest BCUT2D eigenvalue weighted by Crippen LogP contribution is 2.46. The summed E-state index contributed by atoms with van der Waals surface area (Å²) in [6.45, 7) is 6.98. The molecule has 1 aliphatic rings. The van der Waals surface area contributed by atoms with Crippen LogP contribution in [0.25, 0.3) is 11.1 Å². The van der Waals surface area contributed by atoms with Crippen molar-refractivity contribution in [2.24, 2.45) is 5.41 Å². The minimum atomic E-state index is 0.213. The van der Waals surface area contributed by atoms with Gasteiger partial charge in [-0.15, -0.1) is 0 Å². The second-order valence-electron chi connectivity index (χ2n) is 7.22. The van der Waals surface area contributed by atoms with Crippen molar-refractivity contribution < 1.29 is 0 Å². The van der Waals surface area contributed by atoms with Crippen molar-refractivity contribution in [3.8, 4) is 11.1 Å². The molecule has 0 bridgehead atoms. The number of hydrogen-bond acceptors (Lipinski definition) is 0. The van der Waals surface area contributed by atoms with Gasteiger partial charge in [-0.1, -0.05) is 99.5 Å². The lowest BCUT2D eigenvalue weighted by Gasteiger charge is -2.37. The van der Waals surface area contributed by atoms with Crippen LogP contribution in [0, 0.1) is 12.3 Å². The predicted octanol–water partition coefficient (Wildman–Crippen LogP) is 7.07. The van der Waals surface area contributed by atoms with Gasteiger partial charge in [0.05, 0.1) is 0 Å². The summed E-state index contributed by atoms with van der Waals surface area (Å²) < 4.78 is 0. The van der Waals surface area contributed by atoms with E-state index in [9.17, 15) is 0 Å². The Morgan fingerprint density at radius 3 is 2.50 bits per heavy atom. The molecule has 1 aliphatic carbocycles. The molecule has 0 N–H and O–H groups in total. The van der Waals surface area contributed by atoms with Crippen molar-refractivity contribution >= 4 is 0 Å². The van der Waals surface area contributed by atoms with Crippen LogP contribution in [0.5, 0.6) is 0 Å². The molecule has 0 aliphatic heterocycles. The average molecular weight is 316 g/mol. The van der Waals surface area contributed by atoms with Gasteiger partial charge in [0.1, 0.15) is 0 Å². The number of allylic oxidation sites excluding steroid dienone is 4. The highest BCUT2D eigenvalue weighted by molar-refractivity contribution is 5.69. The third kappa shape index (κ3) is 3.24. The molecule has 2 aromatic rings. The van der Waals surface area contributed by atoms with E-state index in [1.54, 1.807) is 0 Å². The first-order valence-corrected chi connectivity index (χ1v) is 9.16. The van der Waals surface area contributed by atoms with Crippen LogP contribution < -0.4 is 0 Å². The molecule has 0 fully saturated rings. The van der Waals surface area contributed by atoms with E-state index in [1.165, 1.54) is 41.5 Å². The smallest absolute Gasteiger partial charge is 0.0112 e. The molecule has 0 aromatic heterocycles. The zero-order valence-electron chi connectivity index (χ0n) is 15.1. The van der Waals surface area contributed by atoms with Crippen LogP contribution >= 0.6 is 0 Å². The minimum Gasteiger partial charge on any atom is -0.0777 e. The highest BCUT2D eigenvalue weighted by Gasteiger charge is 2.33. The van der Waals surface area contributed by atoms with Crippen LogP contribution in [0.1, 0.15) is 50.2 Å². The summed E-state index contributed by atoms with van der Waals surface area (Å²) in [6.07, 6.45) is 13.0. The van der Waals surface area contributed by atoms with Crippen LogP contribution in [0.4, 0.5) is 0 Å². The van der Waals surface area contributed by atoms with Gasteiger partial charge in [-0.2, -0.15) is 0 Å². The van der Waals surface area contributed by atoms with E-state index in [4.69, 9.17) is 0 Å². The molecule has 3 rings (SSSR count). The van der Waals surface area contributed by atoms with Gasteiger partial charge >= 0.3 is 0 Å². The molecule has 0 radical (unpaired) electrons. The first-order chi connectivity index (χ1) is 11.7. The molecular weight excluding hydrogens is 288 g/mol. The van der Waals surface area contributed by atoms with E-state index in [-0.39, 0.29) is 5.41 Å². The average Bonchev–Trinajstić information content (AvgIpc) is 2.62. The maximum Gasteiger partial charge on any atom is 0.0112 e. The second-order valence-corrected chi connectivity index (χ2v) is 7.22. The predicted molar refractivity (Wildman–Crippen MR) is 105 cm³/mol. The van der Waals surface area contributed by atoms with Gasteiger partial charge in [-0.05, 0) is 41.0 Å². The molecule has 0 heteroatoms. The fourth-order valence-electron chi connectivity index (χ4n) is 3.95. The molecule has 0 nitrogen and oxygen atoms in total. The molecule has 0 heterocycles. The van der Waals surface area contributed by atoms with Gasteiger partial charge in [-0.25, -0.2) is 0 Å². The monoisotopic (exact) mass is 316 g/mol. The molecule has 24 heavy (non-hydrogen) atoms. The summed E-state index contributed by atoms with van der Waals surface area (Å²) in [6, 6.07) is 17.5. The molecule has 2 aromatic carbocycles. The van der Waals surface area contributed by atoms with Crippen LogP contribution in [-0.4, -0.2) is 0 Å². The lowest BCUT2D eigenvalue weighted by molar-refractivity contribution is 0.334. The van der Waals surface area contributed by atoms with Gasteiger partial charge < -0.3 is 0 Å². The number of hydrogen-bond donors (Lipinski definition) is 0. The Bertz CT molecular complexity index is 736. The number of benzene rings is 2. The van der Waals surface area contributed by atoms with E-state index >= 15 is 0 Å². The van der Waals surface area contributed by atoms with Gasteiger partial charge in [0.15, 0.2) is 0 Å². The lowest BCUT2D eigenvalue weighted by Crippen LogP contribution is -2.24. The Balaban J connectivity index is 2.03. The van der Waals surface area contributed by atoms with Crippen molar-refractivity contribution in [2.75, 3.05) is 0 Å². The SMILES string of the molecule is CCCCC1(C)C=CC=CC1c1cccc(-c2ccccc2)c1C. The van der Waals surface area contributed by atoms with E-state index in [0.717, 1.165) is 0 Å². The lowest BCUT2D eigenvalue weighted by atomic mass is 9.67. The molecule has 2 unspecified atom stereocenters. The van der Waals surface area contributed by atoms with Crippen molar-refractivity contribution in [1.29, 1.82) is 0 Å². The summed E-state index contributed by atoms with van der Waals surface area (Å²) in [5.74, 6) is 0.456. The fourth-order valence-corrected chi connectivity index (χ4v) is 3.95. The summed E-state index contributed by atoms with van der Waals surface area (Å²) in [7, 11) is 0. The highest BCUT2D eigenvalue weighted by atomic mass is 14.4. The molecule has 2 atom stereocenters. The quantitative estimate of drug-likeness (QED) is 0.553. The summed E-state index contributed by atoms with van der Waals surface area (Å²) in [4.78, 5) is 0. The van der Waals surface area contributed by atoms with Gasteiger partial charge in [0.2, 0.25) is 0 Å². The Labute approximate surface area is 146 Å². The van der Waals surface area contributed by atoms with E-state index in [2.05, 4.69) is 93.6 Å². The van der Waals surface area contributed by atoms with Crippen molar-refractivity contribution in [3.05, 3.63) is 84.0 Å². The van der Waals surface area contributed by atoms with Crippen molar-refractivity contribution in [1.82, 2.24) is 0 Å². The molecule has 0 spiro atoms. The Hall–Kier alpha value is -2.08. The molecule has 0 saturated carbocycles. The first kappa shape index (κ1) is 16.8. The summed E-state index contributed by atoms with van der Waals surface area (Å²) >= 11 is 0. The van der Waals surface area contributed by atoms with Gasteiger partial charge in [0, 0.05) is 5.92 Å². The van der Waals surface area contributed by atoms with E-state index < -0.39 is 0 Å². The van der Waals surface area contributed by atoms with Crippen molar-refractivity contribution in [2.45, 2.75) is 46.0 Å². The minimum absolute atomic E-state index is 0.213. The van der Waals surface area contributed by atoms with Crippen LogP contribution in [-0.2, 0) is 0 Å². The summed E-state index contributed by atoms with van der Waals surface area (Å²) in [5, 5.41) is 0. The third-order valence-corrected chi connectivity index (χ3v) is 5.47. The fraction of sp³-hybridized carbons (Fsp3) is 0.333. The first-order valence-electron chi connectivity index (χ1n) is 9.16. The van der Waals surface area contributed by atoms with Crippen molar-refractivity contribution in [3.63, 3.8) is 0 Å². The van der Waals surface area contributed by atoms with Crippen LogP contribution in [0.15, 0.2) is 72.8 Å². The van der Waals surface area contributed by atoms with E-state index in [0.29, 0.717) is 5.92 Å². The Kier molecular flexibility index (Phi) is 5.04. The molecule has 0 saturated heterocycles. The standard InChI is InChI=1S/C24H28/c1-4-5-17-24(3)18-10-9-16-23(24)22-15-11-14-21(19(22)2)20-12-7-6-8-13-20/h6-16,18,23H,4-5,17H2,1-3H3. The maximum atomic E-state index is 2.42. The van der Waals surface area contributed by atoms with Crippen LogP contribution in [0.2, 0.25) is 0 Å². The third-order valence-electron chi connectivity index (χ3n) is 5.47. The summed E-state index contributed by atoms with van der Waals surface area (Å²) in [5.41, 5.74) is 5.76. The zero-order valence-corrected chi connectivity index (χ0v) is 15.1. The number of unbranched alkanes of at least 4 members (excludes halogenated alkanes) is 1. The van der Waals surface area contributed by atoms with E-state index in [1.807, 2.05) is 0 Å². The maximum absolute atomic E-state index is 2.42. The van der Waals surface area contributed by atoms with Gasteiger partial charge in [-0.3, -0.25) is 0 Å². The molecule has 0 amide bonds. The largest absolute Gasteiger partial charge is 0.0777 e. The zero-order chi connectivity index (χ0) is 17.0. The molecule has 124 valence electrons. The Morgan fingerprint density at radius 2 is 1.75 bits per heavy atom. The number of rotatable bonds is 5. The topological polar surface area (TPSA) is 0 Å². The van der Waals surface area contributed by atoms with Crippen LogP contribution in [0.3, 0.4) is 0 Å². The Morgan fingerprint density at radius 1 is 0.958 bits per heavy atom.